The van der Waals surface area contributed by atoms with Gasteiger partial charge in [0.05, 0.1) is 7.11 Å². The molecule has 0 heterocycles. The van der Waals surface area contributed by atoms with Gasteiger partial charge in [-0.3, -0.25) is 0 Å². The van der Waals surface area contributed by atoms with E-state index in [1.54, 1.807) is 0 Å². The summed E-state index contributed by atoms with van der Waals surface area (Å²) in [4.78, 5) is 2.75. The van der Waals surface area contributed by atoms with Crippen molar-refractivity contribution in [3.63, 3.8) is 0 Å². The fourth-order valence-corrected chi connectivity index (χ4v) is 0. The first-order chi connectivity index (χ1) is 4.36. The highest BCUT2D eigenvalue weighted by molar-refractivity contribution is 6.20. The Hall–Kier alpha value is -0.100. The van der Waals surface area contributed by atoms with Crippen LogP contribution >= 0.6 is 11.6 Å². The highest BCUT2D eigenvalue weighted by Gasteiger charge is 2.38. The lowest BCUT2D eigenvalue weighted by Crippen LogP contribution is -2.17. The summed E-state index contributed by atoms with van der Waals surface area (Å²) in [6.45, 7) is 0. The molecule has 0 spiro atoms. The molecule has 1 atom stereocenters. The van der Waals surface area contributed by atoms with E-state index in [4.69, 9.17) is 0 Å². The molecular formula is C3H4ClF5O. The lowest BCUT2D eigenvalue weighted by molar-refractivity contribution is -0.156. The third-order valence-corrected chi connectivity index (χ3v) is 0.495. The van der Waals surface area contributed by atoms with Crippen molar-refractivity contribution in [3.05, 3.63) is 0 Å². The second kappa shape index (κ2) is 5.67. The van der Waals surface area contributed by atoms with Crippen molar-refractivity contribution in [1.29, 1.82) is 0 Å². The molecule has 0 aromatic heterocycles. The van der Waals surface area contributed by atoms with Gasteiger partial charge in [-0.25, -0.2) is 4.39 Å². The van der Waals surface area contributed by atoms with Gasteiger partial charge in [-0.2, -0.15) is 18.1 Å². The lowest BCUT2D eigenvalue weighted by atomic mass is 10.7. The Kier molecular flexibility index (Phi) is 7.12. The summed E-state index contributed by atoms with van der Waals surface area (Å²) in [5.74, 6) is 0. The molecule has 0 bridgehead atoms. The van der Waals surface area contributed by atoms with Gasteiger partial charge in [0.1, 0.15) is 0 Å². The van der Waals surface area contributed by atoms with Gasteiger partial charge in [0.25, 0.3) is 5.63 Å². The molecule has 0 fully saturated rings. The number of rotatable bonds is 0. The van der Waals surface area contributed by atoms with Crippen molar-refractivity contribution < 1.29 is 27.0 Å². The normalized spacial score (nSPS) is 13.5. The van der Waals surface area contributed by atoms with Gasteiger partial charge >= 0.3 is 6.18 Å². The van der Waals surface area contributed by atoms with Gasteiger partial charge in [-0.05, 0) is 4.53 Å². The first-order valence-corrected chi connectivity index (χ1v) is 2.29. The van der Waals surface area contributed by atoms with Gasteiger partial charge in [-0.1, -0.05) is 11.6 Å². The molecule has 0 saturated carbocycles. The van der Waals surface area contributed by atoms with E-state index in [0.717, 1.165) is 7.11 Å². The molecule has 1 nitrogen and oxygen atoms in total. The van der Waals surface area contributed by atoms with Crippen molar-refractivity contribution in [1.82, 2.24) is 0 Å². The standard InChI is InChI=1S/C2HClF4.CH3FO/c3-1(4)2(5,6)7;1-3-2/h1H;1H3. The number of hydrogen-bond donors (Lipinski definition) is 0. The van der Waals surface area contributed by atoms with Crippen molar-refractivity contribution in [3.8, 4) is 0 Å². The minimum Gasteiger partial charge on any atom is -0.220 e. The lowest BCUT2D eigenvalue weighted by Gasteiger charge is -2.01. The third kappa shape index (κ3) is 10.8. The molecule has 0 amide bonds. The molecule has 0 aromatic rings. The SMILES string of the molecule is COF.FC(Cl)C(F)(F)F. The van der Waals surface area contributed by atoms with Gasteiger partial charge in [0.15, 0.2) is 0 Å². The Morgan fingerprint density at radius 1 is 1.40 bits per heavy atom. The van der Waals surface area contributed by atoms with Crippen LogP contribution < -0.4 is 0 Å². The van der Waals surface area contributed by atoms with E-state index in [9.17, 15) is 22.1 Å². The smallest absolute Gasteiger partial charge is 0.220 e. The zero-order chi connectivity index (χ0) is 8.78. The molecule has 1 unspecified atom stereocenters. The van der Waals surface area contributed by atoms with Gasteiger partial charge in [0.2, 0.25) is 0 Å². The van der Waals surface area contributed by atoms with Crippen LogP contribution in [-0.4, -0.2) is 18.9 Å². The molecule has 64 valence electrons. The molecule has 7 heteroatoms. The van der Waals surface area contributed by atoms with Crippen molar-refractivity contribution in [2.24, 2.45) is 0 Å². The van der Waals surface area contributed by atoms with E-state index in [2.05, 4.69) is 16.5 Å². The Balaban J connectivity index is 0. The maximum Gasteiger partial charge on any atom is 0.433 e. The molecule has 0 aliphatic carbocycles. The predicted octanol–water partition coefficient (Wildman–Crippen LogP) is 2.60. The van der Waals surface area contributed by atoms with Crippen molar-refractivity contribution in [2.75, 3.05) is 7.11 Å². The second-order valence-electron chi connectivity index (χ2n) is 0.997. The van der Waals surface area contributed by atoms with Crippen LogP contribution in [0.2, 0.25) is 0 Å². The summed E-state index contributed by atoms with van der Waals surface area (Å²) in [5.41, 5.74) is -3.23. The van der Waals surface area contributed by atoms with Crippen LogP contribution in [0.1, 0.15) is 0 Å². The van der Waals surface area contributed by atoms with Gasteiger partial charge in [-0.15, -0.1) is 0 Å². The minimum atomic E-state index is -4.90. The molecular weight excluding hydrogens is 182 g/mol. The fourth-order valence-electron chi connectivity index (χ4n) is 0. The average molecular weight is 187 g/mol. The zero-order valence-corrected chi connectivity index (χ0v) is 5.51. The predicted molar refractivity (Wildman–Crippen MR) is 24.9 cm³/mol. The zero-order valence-electron chi connectivity index (χ0n) is 4.75. The molecule has 0 saturated heterocycles. The van der Waals surface area contributed by atoms with Crippen LogP contribution in [-0.2, 0) is 4.94 Å². The highest BCUT2D eigenvalue weighted by atomic mass is 35.5. The Morgan fingerprint density at radius 3 is 1.50 bits per heavy atom. The number of hydrogen-bond acceptors (Lipinski definition) is 1. The third-order valence-electron chi connectivity index (χ3n) is 0.247. The molecule has 0 aliphatic rings. The number of alkyl halides is 5. The summed E-state index contributed by atoms with van der Waals surface area (Å²) < 4.78 is 52.7. The Bertz CT molecular complexity index is 71.8. The van der Waals surface area contributed by atoms with Crippen molar-refractivity contribution in [2.45, 2.75) is 11.8 Å². The van der Waals surface area contributed by atoms with Crippen molar-refractivity contribution >= 4 is 11.6 Å². The quantitative estimate of drug-likeness (QED) is 0.417. The van der Waals surface area contributed by atoms with E-state index in [-0.39, 0.29) is 0 Å². The van der Waals surface area contributed by atoms with E-state index < -0.39 is 11.8 Å². The molecule has 0 aromatic carbocycles. The summed E-state index contributed by atoms with van der Waals surface area (Å²) in [6, 6.07) is 0. The van der Waals surface area contributed by atoms with Gasteiger partial charge < -0.3 is 0 Å². The van der Waals surface area contributed by atoms with E-state index in [1.807, 2.05) is 0 Å². The first kappa shape index (κ1) is 12.6. The topological polar surface area (TPSA) is 9.23 Å². The molecule has 0 rings (SSSR count). The van der Waals surface area contributed by atoms with Crippen LogP contribution in [0.15, 0.2) is 0 Å². The first-order valence-electron chi connectivity index (χ1n) is 1.85. The van der Waals surface area contributed by atoms with Crippen LogP contribution in [0.25, 0.3) is 0 Å². The molecule has 0 aliphatic heterocycles. The average Bonchev–Trinajstić information content (AvgIpc) is 1.64. The van der Waals surface area contributed by atoms with E-state index in [1.165, 1.54) is 0 Å². The maximum absolute atomic E-state index is 10.8. The molecule has 10 heavy (non-hydrogen) atoms. The maximum atomic E-state index is 10.8. The van der Waals surface area contributed by atoms with Crippen LogP contribution in [0.5, 0.6) is 0 Å². The summed E-state index contributed by atoms with van der Waals surface area (Å²) >= 11 is 3.96. The molecule has 0 radical (unpaired) electrons. The van der Waals surface area contributed by atoms with Crippen LogP contribution in [0.4, 0.5) is 22.1 Å². The Labute approximate surface area is 58.6 Å². The monoisotopic (exact) mass is 186 g/mol. The second-order valence-corrected chi connectivity index (χ2v) is 1.38. The number of halogens is 6. The Morgan fingerprint density at radius 2 is 1.50 bits per heavy atom. The summed E-state index contributed by atoms with van der Waals surface area (Å²) in [5, 5.41) is 0. The van der Waals surface area contributed by atoms with E-state index in [0.29, 0.717) is 0 Å². The largest absolute Gasteiger partial charge is 0.433 e. The minimum absolute atomic E-state index is 0.958. The summed E-state index contributed by atoms with van der Waals surface area (Å²) in [7, 11) is 0.958. The van der Waals surface area contributed by atoms with Gasteiger partial charge in [0, 0.05) is 0 Å². The van der Waals surface area contributed by atoms with Crippen LogP contribution in [0, 0.1) is 0 Å². The summed E-state index contributed by atoms with van der Waals surface area (Å²) in [6.07, 6.45) is -4.90. The van der Waals surface area contributed by atoms with E-state index >= 15 is 0 Å². The fraction of sp³-hybridized carbons (Fsp3) is 1.00. The van der Waals surface area contributed by atoms with Crippen LogP contribution in [0.3, 0.4) is 0 Å². The molecule has 0 N–H and O–H groups in total. The highest BCUT2D eigenvalue weighted by Crippen LogP contribution is 2.24.